The average Bonchev–Trinajstić information content (AvgIpc) is 3.05. The minimum Gasteiger partial charge on any atom is -0.275 e. The lowest BCUT2D eigenvalue weighted by molar-refractivity contribution is 0.768. The third-order valence-electron chi connectivity index (χ3n) is 2.92. The fourth-order valence-electron chi connectivity index (χ4n) is 2.01. The molecule has 106 valence electrons. The molecule has 0 bridgehead atoms. The number of rotatable bonds is 2. The molecule has 0 aromatic carbocycles. The minimum absolute atomic E-state index is 1.01. The van der Waals surface area contributed by atoms with E-state index in [-0.39, 0.29) is 0 Å². The number of pyridine rings is 1. The van der Waals surface area contributed by atoms with Crippen LogP contribution in [0.2, 0.25) is 0 Å². The summed E-state index contributed by atoms with van der Waals surface area (Å²) in [6.07, 6.45) is 7.88. The van der Waals surface area contributed by atoms with Gasteiger partial charge < -0.3 is 0 Å². The predicted octanol–water partition coefficient (Wildman–Crippen LogP) is 4.62. The molecule has 0 saturated heterocycles. The summed E-state index contributed by atoms with van der Waals surface area (Å²) in [5, 5.41) is 5.39. The van der Waals surface area contributed by atoms with E-state index in [1.165, 1.54) is 10.9 Å². The van der Waals surface area contributed by atoms with Crippen LogP contribution in [0.1, 0.15) is 19.4 Å². The van der Waals surface area contributed by atoms with Crippen molar-refractivity contribution in [2.75, 3.05) is 0 Å². The lowest BCUT2D eigenvalue weighted by atomic mass is 10.1. The van der Waals surface area contributed by atoms with Gasteiger partial charge in [-0.1, -0.05) is 13.8 Å². The lowest BCUT2D eigenvalue weighted by Gasteiger charge is -2.00. The van der Waals surface area contributed by atoms with E-state index in [0.717, 1.165) is 16.8 Å². The molecular formula is C14H17IN4S. The van der Waals surface area contributed by atoms with Crippen LogP contribution < -0.4 is 0 Å². The van der Waals surface area contributed by atoms with Gasteiger partial charge in [-0.05, 0) is 18.6 Å². The number of hydrogen-bond donors (Lipinski definition) is 0. The summed E-state index contributed by atoms with van der Waals surface area (Å²) in [5.74, 6) is 0. The second-order valence-corrected chi connectivity index (χ2v) is 5.92. The summed E-state index contributed by atoms with van der Waals surface area (Å²) in [6, 6.07) is 2.18. The number of aryl methyl sites for hydroxylation is 2. The van der Waals surface area contributed by atoms with Crippen molar-refractivity contribution < 1.29 is 0 Å². The van der Waals surface area contributed by atoms with E-state index >= 15 is 0 Å². The zero-order chi connectivity index (χ0) is 14.7. The normalized spacial score (nSPS) is 10.4. The van der Waals surface area contributed by atoms with Crippen molar-refractivity contribution in [1.29, 1.82) is 0 Å². The first-order valence-corrected chi connectivity index (χ1v) is 9.76. The van der Waals surface area contributed by atoms with Gasteiger partial charge in [0.05, 0.1) is 6.20 Å². The van der Waals surface area contributed by atoms with Crippen LogP contribution in [0.4, 0.5) is 0 Å². The molecule has 0 unspecified atom stereocenters. The van der Waals surface area contributed by atoms with Crippen molar-refractivity contribution in [3.05, 3.63) is 36.4 Å². The molecule has 0 N–H and O–H groups in total. The number of halogens is 1. The Hall–Kier alpha value is -1.02. The van der Waals surface area contributed by atoms with Gasteiger partial charge in [0.25, 0.3) is 0 Å². The number of fused-ring (bicyclic) bond motifs is 1. The molecule has 3 aromatic rings. The van der Waals surface area contributed by atoms with E-state index in [1.807, 2.05) is 39.5 Å². The molecule has 6 heteroatoms. The molecule has 0 saturated carbocycles. The van der Waals surface area contributed by atoms with Crippen molar-refractivity contribution in [1.82, 2.24) is 18.7 Å². The molecule has 3 aromatic heterocycles. The summed E-state index contributed by atoms with van der Waals surface area (Å²) in [7, 11) is 3.55. The third-order valence-corrected chi connectivity index (χ3v) is 4.62. The van der Waals surface area contributed by atoms with Crippen molar-refractivity contribution >= 4 is 41.4 Å². The van der Waals surface area contributed by atoms with Crippen molar-refractivity contribution in [3.63, 3.8) is 0 Å². The summed E-state index contributed by atoms with van der Waals surface area (Å²) in [4.78, 5) is 4.56. The Morgan fingerprint density at radius 3 is 2.50 bits per heavy atom. The van der Waals surface area contributed by atoms with E-state index in [0.29, 0.717) is 0 Å². The molecule has 0 aliphatic rings. The summed E-state index contributed by atoms with van der Waals surface area (Å²) < 4.78 is 3.89. The Morgan fingerprint density at radius 1 is 1.15 bits per heavy atom. The van der Waals surface area contributed by atoms with Gasteiger partial charge >= 0.3 is 0 Å². The quantitative estimate of drug-likeness (QED) is 0.589. The highest BCUT2D eigenvalue weighted by Gasteiger charge is 2.09. The van der Waals surface area contributed by atoms with Crippen LogP contribution in [0, 0.1) is 6.92 Å². The van der Waals surface area contributed by atoms with E-state index in [4.69, 9.17) is 0 Å². The van der Waals surface area contributed by atoms with Gasteiger partial charge in [0.2, 0.25) is 0 Å². The van der Waals surface area contributed by atoms with Gasteiger partial charge in [0.15, 0.2) is 5.65 Å². The van der Waals surface area contributed by atoms with Gasteiger partial charge in [-0.3, -0.25) is 8.65 Å². The van der Waals surface area contributed by atoms with Gasteiger partial charge in [0.1, 0.15) is 0 Å². The highest BCUT2D eigenvalue weighted by atomic mass is 127. The Balaban J connectivity index is 0.000000704. The van der Waals surface area contributed by atoms with Crippen molar-refractivity contribution in [2.24, 2.45) is 7.05 Å². The van der Waals surface area contributed by atoms with Crippen LogP contribution in [-0.4, -0.2) is 18.7 Å². The monoisotopic (exact) mass is 400 g/mol. The Morgan fingerprint density at radius 2 is 1.90 bits per heavy atom. The second-order valence-electron chi connectivity index (χ2n) is 4.20. The van der Waals surface area contributed by atoms with Gasteiger partial charge in [-0.2, -0.15) is 5.10 Å². The van der Waals surface area contributed by atoms with E-state index < -0.39 is 0 Å². The van der Waals surface area contributed by atoms with E-state index in [1.54, 1.807) is 13.8 Å². The predicted molar refractivity (Wildman–Crippen MR) is 95.0 cm³/mol. The van der Waals surface area contributed by atoms with Gasteiger partial charge in [-0.25, -0.2) is 4.98 Å². The molecule has 0 aliphatic heterocycles. The standard InChI is InChI=1S/C12H11IN4S.C2H6/c1-8-6-17(18-13)12-11(8)3-9(4-14-12)10-5-15-16(2)7-10;1-2/h3-7H,1-2H3;1-2H3. The first-order chi connectivity index (χ1) is 9.69. The van der Waals surface area contributed by atoms with Crippen molar-refractivity contribution in [2.45, 2.75) is 20.8 Å². The number of hydrogen-bond acceptors (Lipinski definition) is 3. The average molecular weight is 400 g/mol. The molecule has 20 heavy (non-hydrogen) atoms. The number of nitrogens with zero attached hydrogens (tertiary/aromatic N) is 4. The van der Waals surface area contributed by atoms with Crippen LogP contribution in [-0.2, 0) is 7.05 Å². The maximum Gasteiger partial charge on any atom is 0.150 e. The Labute approximate surface area is 135 Å². The largest absolute Gasteiger partial charge is 0.275 e. The smallest absolute Gasteiger partial charge is 0.150 e. The van der Waals surface area contributed by atoms with Crippen LogP contribution >= 0.6 is 30.3 Å². The van der Waals surface area contributed by atoms with E-state index in [9.17, 15) is 0 Å². The summed E-state index contributed by atoms with van der Waals surface area (Å²) in [6.45, 7) is 6.11. The highest BCUT2D eigenvalue weighted by Crippen LogP contribution is 2.29. The van der Waals surface area contributed by atoms with Gasteiger partial charge in [-0.15, -0.1) is 0 Å². The molecule has 3 heterocycles. The van der Waals surface area contributed by atoms with Crippen LogP contribution in [0.3, 0.4) is 0 Å². The Kier molecular flexibility index (Phi) is 5.09. The molecule has 0 amide bonds. The zero-order valence-electron chi connectivity index (χ0n) is 12.0. The van der Waals surface area contributed by atoms with Crippen LogP contribution in [0.15, 0.2) is 30.9 Å². The molecule has 3 rings (SSSR count). The highest BCUT2D eigenvalue weighted by molar-refractivity contribution is 14.2. The first kappa shape index (κ1) is 15.4. The van der Waals surface area contributed by atoms with Crippen LogP contribution in [0.25, 0.3) is 22.2 Å². The molecule has 0 spiro atoms. The molecule has 4 nitrogen and oxygen atoms in total. The maximum atomic E-state index is 4.56. The molecule has 0 aliphatic carbocycles. The SMILES string of the molecule is CC.Cc1cn(SI)c2ncc(-c3cnn(C)c3)cc12. The Bertz CT molecular complexity index is 717. The third kappa shape index (κ3) is 2.85. The first-order valence-electron chi connectivity index (χ1n) is 6.45. The fourth-order valence-corrected chi connectivity index (χ4v) is 3.32. The number of aromatic nitrogens is 4. The van der Waals surface area contributed by atoms with E-state index in [2.05, 4.69) is 54.4 Å². The molecule has 0 atom stereocenters. The minimum atomic E-state index is 1.01. The zero-order valence-corrected chi connectivity index (χ0v) is 14.9. The summed E-state index contributed by atoms with van der Waals surface area (Å²) in [5.41, 5.74) is 4.46. The van der Waals surface area contributed by atoms with Crippen molar-refractivity contribution in [3.8, 4) is 11.1 Å². The molecule has 0 fully saturated rings. The second kappa shape index (κ2) is 6.62. The van der Waals surface area contributed by atoms with Crippen LogP contribution in [0.5, 0.6) is 0 Å². The van der Waals surface area contributed by atoms with Gasteiger partial charge in [0, 0.05) is 72.5 Å². The summed E-state index contributed by atoms with van der Waals surface area (Å²) >= 11 is 2.26. The topological polar surface area (TPSA) is 35.6 Å². The fraction of sp³-hybridized carbons (Fsp3) is 0.286. The molecular weight excluding hydrogens is 383 g/mol. The maximum absolute atomic E-state index is 4.56. The lowest BCUT2D eigenvalue weighted by Crippen LogP contribution is -1.85. The molecule has 0 radical (unpaired) electrons.